The van der Waals surface area contributed by atoms with Crippen molar-refractivity contribution in [3.63, 3.8) is 0 Å². The van der Waals surface area contributed by atoms with Gasteiger partial charge in [0.1, 0.15) is 18.8 Å². The Hall–Kier alpha value is -2.17. The van der Waals surface area contributed by atoms with Crippen LogP contribution in [0.4, 0.5) is 0 Å². The lowest BCUT2D eigenvalue weighted by molar-refractivity contribution is -0.118. The zero-order valence-electron chi connectivity index (χ0n) is 10.7. The molecule has 0 saturated heterocycles. The summed E-state index contributed by atoms with van der Waals surface area (Å²) in [6, 6.07) is 3.74. The largest absolute Gasteiger partial charge is 0.486 e. The first kappa shape index (κ1) is 11.9. The minimum absolute atomic E-state index is 0.0330. The van der Waals surface area contributed by atoms with Crippen LogP contribution in [-0.2, 0) is 11.2 Å². The van der Waals surface area contributed by atoms with Gasteiger partial charge < -0.3 is 19.2 Å². The number of carbonyl (C=O) groups excluding carboxylic acids is 1. The summed E-state index contributed by atoms with van der Waals surface area (Å²) in [6.07, 6.45) is 2.41. The molecule has 19 heavy (non-hydrogen) atoms. The second kappa shape index (κ2) is 4.84. The lowest BCUT2D eigenvalue weighted by Crippen LogP contribution is -2.22. The summed E-state index contributed by atoms with van der Waals surface area (Å²) in [5.74, 6) is 1.46. The Morgan fingerprint density at radius 1 is 1.32 bits per heavy atom. The van der Waals surface area contributed by atoms with Crippen LogP contribution in [0.2, 0.25) is 0 Å². The summed E-state index contributed by atoms with van der Waals surface area (Å²) in [4.78, 5) is 10.9. The normalized spacial score (nSPS) is 13.5. The van der Waals surface area contributed by atoms with E-state index in [1.54, 1.807) is 6.26 Å². The van der Waals surface area contributed by atoms with Gasteiger partial charge in [-0.05, 0) is 18.6 Å². The molecule has 0 atom stereocenters. The number of ether oxygens (including phenoxy) is 2. The van der Waals surface area contributed by atoms with Gasteiger partial charge in [-0.15, -0.1) is 0 Å². The van der Waals surface area contributed by atoms with Crippen molar-refractivity contribution in [1.29, 1.82) is 0 Å². The predicted molar refractivity (Wildman–Crippen MR) is 69.6 cm³/mol. The van der Waals surface area contributed by atoms with Crippen molar-refractivity contribution in [3.05, 3.63) is 24.0 Å². The molecule has 1 aromatic carbocycles. The van der Waals surface area contributed by atoms with Crippen molar-refractivity contribution in [3.8, 4) is 11.5 Å². The highest BCUT2D eigenvalue weighted by Gasteiger charge is 2.19. The number of amides is 1. The van der Waals surface area contributed by atoms with E-state index < -0.39 is 0 Å². The number of carbonyl (C=O) groups is 1. The molecule has 5 nitrogen and oxygen atoms in total. The van der Waals surface area contributed by atoms with Crippen LogP contribution in [0.25, 0.3) is 11.0 Å². The Bertz CT molecular complexity index is 617. The third kappa shape index (κ3) is 2.23. The molecule has 1 aliphatic heterocycles. The van der Waals surface area contributed by atoms with E-state index in [-0.39, 0.29) is 5.91 Å². The van der Waals surface area contributed by atoms with E-state index in [1.165, 1.54) is 6.92 Å². The maximum absolute atomic E-state index is 10.9. The van der Waals surface area contributed by atoms with Gasteiger partial charge in [0, 0.05) is 19.0 Å². The molecule has 5 heteroatoms. The molecule has 2 heterocycles. The summed E-state index contributed by atoms with van der Waals surface area (Å²) in [6.45, 7) is 3.20. The first-order valence-electron chi connectivity index (χ1n) is 6.29. The van der Waals surface area contributed by atoms with Gasteiger partial charge in [0.2, 0.25) is 5.91 Å². The standard InChI is InChI=1S/C14H15NO4/c1-9(16)15-5-4-10-8-19-11-2-3-12-14(13(10)11)18-7-6-17-12/h2-3,8H,4-7H2,1H3,(H,15,16). The number of fused-ring (bicyclic) bond motifs is 3. The molecule has 0 aliphatic carbocycles. The molecule has 1 N–H and O–H groups in total. The van der Waals surface area contributed by atoms with Crippen LogP contribution in [0.5, 0.6) is 11.5 Å². The zero-order chi connectivity index (χ0) is 13.2. The molecule has 100 valence electrons. The zero-order valence-corrected chi connectivity index (χ0v) is 10.7. The Labute approximate surface area is 110 Å². The number of rotatable bonds is 3. The lowest BCUT2D eigenvalue weighted by Gasteiger charge is -2.19. The first-order valence-corrected chi connectivity index (χ1v) is 6.29. The summed E-state index contributed by atoms with van der Waals surface area (Å²) >= 11 is 0. The molecular weight excluding hydrogens is 246 g/mol. The molecule has 1 aliphatic rings. The fraction of sp³-hybridized carbons (Fsp3) is 0.357. The average Bonchev–Trinajstić information content (AvgIpc) is 2.82. The number of benzene rings is 1. The van der Waals surface area contributed by atoms with E-state index in [9.17, 15) is 4.79 Å². The van der Waals surface area contributed by atoms with Crippen LogP contribution in [-0.4, -0.2) is 25.7 Å². The third-order valence-corrected chi connectivity index (χ3v) is 3.09. The highest BCUT2D eigenvalue weighted by Crippen LogP contribution is 2.40. The van der Waals surface area contributed by atoms with E-state index in [1.807, 2.05) is 12.1 Å². The van der Waals surface area contributed by atoms with Gasteiger partial charge in [0.05, 0.1) is 11.6 Å². The minimum Gasteiger partial charge on any atom is -0.486 e. The fourth-order valence-corrected chi connectivity index (χ4v) is 2.25. The molecule has 0 radical (unpaired) electrons. The minimum atomic E-state index is -0.0330. The fourth-order valence-electron chi connectivity index (χ4n) is 2.25. The maximum atomic E-state index is 10.9. The molecule has 0 saturated carbocycles. The average molecular weight is 261 g/mol. The molecule has 2 aromatic rings. The van der Waals surface area contributed by atoms with Crippen molar-refractivity contribution >= 4 is 16.9 Å². The van der Waals surface area contributed by atoms with Crippen LogP contribution >= 0.6 is 0 Å². The third-order valence-electron chi connectivity index (χ3n) is 3.09. The van der Waals surface area contributed by atoms with E-state index >= 15 is 0 Å². The molecule has 0 unspecified atom stereocenters. The van der Waals surface area contributed by atoms with Gasteiger partial charge in [-0.3, -0.25) is 4.79 Å². The second-order valence-electron chi connectivity index (χ2n) is 4.46. The van der Waals surface area contributed by atoms with Crippen LogP contribution in [0.15, 0.2) is 22.8 Å². The van der Waals surface area contributed by atoms with Crippen molar-refractivity contribution in [2.75, 3.05) is 19.8 Å². The molecule has 0 bridgehead atoms. The summed E-state index contributed by atoms with van der Waals surface area (Å²) in [7, 11) is 0. The van der Waals surface area contributed by atoms with Crippen LogP contribution in [0, 0.1) is 0 Å². The molecule has 1 aromatic heterocycles. The topological polar surface area (TPSA) is 60.7 Å². The van der Waals surface area contributed by atoms with Crippen molar-refractivity contribution in [2.24, 2.45) is 0 Å². The smallest absolute Gasteiger partial charge is 0.216 e. The van der Waals surface area contributed by atoms with Gasteiger partial charge in [0.15, 0.2) is 11.5 Å². The predicted octanol–water partition coefficient (Wildman–Crippen LogP) is 1.88. The highest BCUT2D eigenvalue weighted by molar-refractivity contribution is 5.90. The monoisotopic (exact) mass is 261 g/mol. The number of hydrogen-bond donors (Lipinski definition) is 1. The van der Waals surface area contributed by atoms with Crippen molar-refractivity contribution < 1.29 is 18.7 Å². The SMILES string of the molecule is CC(=O)NCCc1coc2ccc3c(c12)OCCO3. The van der Waals surface area contributed by atoms with Gasteiger partial charge in [-0.1, -0.05) is 0 Å². The Morgan fingerprint density at radius 2 is 2.16 bits per heavy atom. The Morgan fingerprint density at radius 3 is 3.00 bits per heavy atom. The molecule has 3 rings (SSSR count). The molecule has 0 spiro atoms. The highest BCUT2D eigenvalue weighted by atomic mass is 16.6. The molecule has 0 fully saturated rings. The van der Waals surface area contributed by atoms with E-state index in [0.717, 1.165) is 28.0 Å². The Kier molecular flexibility index (Phi) is 3.03. The van der Waals surface area contributed by atoms with Crippen molar-refractivity contribution in [2.45, 2.75) is 13.3 Å². The maximum Gasteiger partial charge on any atom is 0.216 e. The van der Waals surface area contributed by atoms with Crippen molar-refractivity contribution in [1.82, 2.24) is 5.32 Å². The van der Waals surface area contributed by atoms with E-state index in [2.05, 4.69) is 5.32 Å². The second-order valence-corrected chi connectivity index (χ2v) is 4.46. The number of hydrogen-bond acceptors (Lipinski definition) is 4. The Balaban J connectivity index is 1.94. The summed E-state index contributed by atoms with van der Waals surface area (Å²) < 4.78 is 16.8. The molecule has 1 amide bonds. The quantitative estimate of drug-likeness (QED) is 0.916. The lowest BCUT2D eigenvalue weighted by atomic mass is 10.1. The van der Waals surface area contributed by atoms with E-state index in [4.69, 9.17) is 13.9 Å². The summed E-state index contributed by atoms with van der Waals surface area (Å²) in [5, 5.41) is 3.72. The molecular formula is C14H15NO4. The number of nitrogens with one attached hydrogen (secondary N) is 1. The first-order chi connectivity index (χ1) is 9.25. The summed E-state index contributed by atoms with van der Waals surface area (Å²) in [5.41, 5.74) is 1.80. The van der Waals surface area contributed by atoms with Gasteiger partial charge >= 0.3 is 0 Å². The van der Waals surface area contributed by atoms with Crippen LogP contribution in [0.3, 0.4) is 0 Å². The van der Waals surface area contributed by atoms with Gasteiger partial charge in [0.25, 0.3) is 0 Å². The van der Waals surface area contributed by atoms with Gasteiger partial charge in [-0.2, -0.15) is 0 Å². The van der Waals surface area contributed by atoms with Crippen LogP contribution < -0.4 is 14.8 Å². The van der Waals surface area contributed by atoms with E-state index in [0.29, 0.717) is 26.2 Å². The van der Waals surface area contributed by atoms with Gasteiger partial charge in [-0.25, -0.2) is 0 Å². The number of furan rings is 1. The van der Waals surface area contributed by atoms with Crippen LogP contribution in [0.1, 0.15) is 12.5 Å².